The lowest BCUT2D eigenvalue weighted by Gasteiger charge is -2.10. The zero-order valence-electron chi connectivity index (χ0n) is 17.2. The molecule has 0 bridgehead atoms. The number of carboxylic acid groups (broad SMARTS) is 1. The third-order valence-corrected chi connectivity index (χ3v) is 4.65. The molecule has 0 aliphatic carbocycles. The van der Waals surface area contributed by atoms with Gasteiger partial charge in [0.05, 0.1) is 24.6 Å². The number of hydrogen-bond acceptors (Lipinski definition) is 5. The first-order valence-electron chi connectivity index (χ1n) is 9.52. The molecule has 1 unspecified atom stereocenters. The van der Waals surface area contributed by atoms with Crippen LogP contribution in [0, 0.1) is 5.82 Å². The molecule has 1 atom stereocenters. The molecule has 2 aromatic carbocycles. The molecule has 0 spiro atoms. The number of carbonyl (C=O) groups is 1. The van der Waals surface area contributed by atoms with Gasteiger partial charge < -0.3 is 25.3 Å². The highest BCUT2D eigenvalue weighted by molar-refractivity contribution is 6.29. The number of nitrogens with one attached hydrogen (secondary N) is 1. The number of aromatic nitrogens is 1. The van der Waals surface area contributed by atoms with Crippen molar-refractivity contribution in [2.24, 2.45) is 5.73 Å². The van der Waals surface area contributed by atoms with Crippen molar-refractivity contribution in [1.29, 1.82) is 0 Å². The highest BCUT2D eigenvalue weighted by atomic mass is 35.5. The lowest BCUT2D eigenvalue weighted by Crippen LogP contribution is -2.22. The monoisotopic (exact) mass is 450 g/mol. The normalized spacial score (nSPS) is 11.4. The van der Waals surface area contributed by atoms with E-state index in [4.69, 9.17) is 31.9 Å². The van der Waals surface area contributed by atoms with Crippen LogP contribution < -0.4 is 20.6 Å². The quantitative estimate of drug-likeness (QED) is 0.472. The predicted molar refractivity (Wildman–Crippen MR) is 119 cm³/mol. The first-order valence-corrected chi connectivity index (χ1v) is 9.95. The maximum Gasteiger partial charge on any atom is 0.322 e. The number of hydrogen-bond donors (Lipinski definition) is 3. The van der Waals surface area contributed by atoms with Gasteiger partial charge in [-0.2, -0.15) is 0 Å². The summed E-state index contributed by atoms with van der Waals surface area (Å²) < 4.78 is 25.0. The van der Waals surface area contributed by atoms with Crippen LogP contribution in [0.2, 0.25) is 0 Å². The van der Waals surface area contributed by atoms with Crippen LogP contribution in [0.25, 0.3) is 22.0 Å². The van der Waals surface area contributed by atoms with Gasteiger partial charge in [-0.05, 0) is 36.2 Å². The number of ether oxygens (including phenoxy) is 2. The number of benzene rings is 2. The summed E-state index contributed by atoms with van der Waals surface area (Å²) in [5.74, 6) is -0.460. The average Bonchev–Trinajstić information content (AvgIpc) is 2.78. The summed E-state index contributed by atoms with van der Waals surface area (Å²) in [6.45, 7) is 2.47. The maximum absolute atomic E-state index is 14.3. The summed E-state index contributed by atoms with van der Waals surface area (Å²) >= 11 is 5.08. The molecule has 0 amide bonds. The van der Waals surface area contributed by atoms with Crippen LogP contribution in [0.4, 0.5) is 4.39 Å². The molecule has 1 aromatic heterocycles. The molecule has 7 nitrogen and oxygen atoms in total. The van der Waals surface area contributed by atoms with Crippen molar-refractivity contribution >= 4 is 28.5 Å². The van der Waals surface area contributed by atoms with Crippen molar-refractivity contribution in [1.82, 2.24) is 4.98 Å². The van der Waals surface area contributed by atoms with Gasteiger partial charge in [-0.25, -0.2) is 4.39 Å². The fourth-order valence-electron chi connectivity index (χ4n) is 2.69. The summed E-state index contributed by atoms with van der Waals surface area (Å²) in [5, 5.41) is 7.05. The fraction of sp³-hybridized carbons (Fsp3) is 0.273. The Morgan fingerprint density at radius 2 is 1.94 bits per heavy atom. The lowest BCUT2D eigenvalue weighted by atomic mass is 10.0. The van der Waals surface area contributed by atoms with Crippen LogP contribution >= 0.6 is 11.6 Å². The van der Waals surface area contributed by atoms with Crippen LogP contribution in [-0.4, -0.2) is 41.7 Å². The van der Waals surface area contributed by atoms with E-state index in [1.807, 2.05) is 6.92 Å². The molecular formula is C22H24ClFN2O5. The second-order valence-electron chi connectivity index (χ2n) is 6.45. The molecule has 0 saturated carbocycles. The molecule has 0 saturated heterocycles. The molecule has 3 aromatic rings. The van der Waals surface area contributed by atoms with Crippen molar-refractivity contribution < 1.29 is 23.8 Å². The SMILES string of the molecule is CCCOc1ccc(F)c2c(=O)c(-c3ccc(OC)cc3)c[nH]c12.NCC(Cl)C(=O)O. The number of pyridine rings is 1. The van der Waals surface area contributed by atoms with Crippen LogP contribution in [0.15, 0.2) is 47.4 Å². The van der Waals surface area contributed by atoms with Crippen LogP contribution in [0.3, 0.4) is 0 Å². The van der Waals surface area contributed by atoms with Gasteiger partial charge in [-0.1, -0.05) is 19.1 Å². The van der Waals surface area contributed by atoms with Gasteiger partial charge in [0.1, 0.15) is 22.7 Å². The third-order valence-electron chi connectivity index (χ3n) is 4.29. The van der Waals surface area contributed by atoms with E-state index in [1.165, 1.54) is 12.1 Å². The van der Waals surface area contributed by atoms with Gasteiger partial charge in [0.25, 0.3) is 0 Å². The van der Waals surface area contributed by atoms with Gasteiger partial charge >= 0.3 is 5.97 Å². The highest BCUT2D eigenvalue weighted by Gasteiger charge is 2.15. The second kappa shape index (κ2) is 11.3. The molecule has 1 heterocycles. The Labute approximate surface area is 183 Å². The van der Waals surface area contributed by atoms with E-state index in [9.17, 15) is 14.0 Å². The highest BCUT2D eigenvalue weighted by Crippen LogP contribution is 2.27. The molecule has 0 aliphatic heterocycles. The smallest absolute Gasteiger partial charge is 0.322 e. The van der Waals surface area contributed by atoms with Crippen molar-refractivity contribution in [2.75, 3.05) is 20.3 Å². The Kier molecular flexibility index (Phi) is 8.84. The zero-order chi connectivity index (χ0) is 23.0. The number of fused-ring (bicyclic) bond motifs is 1. The Bertz CT molecular complexity index is 1090. The molecule has 4 N–H and O–H groups in total. The minimum absolute atomic E-state index is 0.0110. The lowest BCUT2D eigenvalue weighted by molar-refractivity contribution is -0.136. The number of halogens is 2. The molecule has 0 aliphatic rings. The summed E-state index contributed by atoms with van der Waals surface area (Å²) in [4.78, 5) is 25.5. The van der Waals surface area contributed by atoms with Crippen molar-refractivity contribution in [3.63, 3.8) is 0 Å². The Hall–Kier alpha value is -3.10. The number of H-pyrrole nitrogens is 1. The number of aliphatic carboxylic acids is 1. The topological polar surface area (TPSA) is 115 Å². The van der Waals surface area contributed by atoms with Gasteiger partial charge in [-0.15, -0.1) is 11.6 Å². The summed E-state index contributed by atoms with van der Waals surface area (Å²) in [7, 11) is 1.57. The largest absolute Gasteiger partial charge is 0.497 e. The van der Waals surface area contributed by atoms with E-state index in [1.54, 1.807) is 37.6 Å². The number of carboxylic acids is 1. The molecular weight excluding hydrogens is 427 g/mol. The van der Waals surface area contributed by atoms with Crippen LogP contribution in [0.1, 0.15) is 13.3 Å². The van der Waals surface area contributed by atoms with Gasteiger partial charge in [-0.3, -0.25) is 9.59 Å². The minimum Gasteiger partial charge on any atom is -0.497 e. The molecule has 166 valence electrons. The van der Waals surface area contributed by atoms with Crippen LogP contribution in [0.5, 0.6) is 11.5 Å². The van der Waals surface area contributed by atoms with E-state index in [2.05, 4.69) is 4.98 Å². The summed E-state index contributed by atoms with van der Waals surface area (Å²) in [5.41, 5.74) is 5.97. The van der Waals surface area contributed by atoms with E-state index in [0.717, 1.165) is 6.42 Å². The first-order chi connectivity index (χ1) is 14.8. The average molecular weight is 451 g/mol. The molecule has 3 rings (SSSR count). The number of nitrogens with two attached hydrogens (primary N) is 1. The Morgan fingerprint density at radius 1 is 1.26 bits per heavy atom. The summed E-state index contributed by atoms with van der Waals surface area (Å²) in [6, 6.07) is 9.86. The summed E-state index contributed by atoms with van der Waals surface area (Å²) in [6.07, 6.45) is 2.41. The van der Waals surface area contributed by atoms with Crippen molar-refractivity contribution in [3.8, 4) is 22.6 Å². The molecule has 31 heavy (non-hydrogen) atoms. The number of rotatable bonds is 7. The second-order valence-corrected chi connectivity index (χ2v) is 6.97. The molecule has 9 heteroatoms. The maximum atomic E-state index is 14.3. The number of methoxy groups -OCH3 is 1. The minimum atomic E-state index is -1.07. The van der Waals surface area contributed by atoms with Crippen molar-refractivity contribution in [2.45, 2.75) is 18.7 Å². The van der Waals surface area contributed by atoms with Gasteiger partial charge in [0.15, 0.2) is 5.43 Å². The van der Waals surface area contributed by atoms with Gasteiger partial charge in [0, 0.05) is 18.3 Å². The molecule has 0 fully saturated rings. The molecule has 0 radical (unpaired) electrons. The Morgan fingerprint density at radius 3 is 2.45 bits per heavy atom. The van der Waals surface area contributed by atoms with Crippen molar-refractivity contribution in [3.05, 3.63) is 58.6 Å². The third kappa shape index (κ3) is 5.96. The number of aromatic amines is 1. The van der Waals surface area contributed by atoms with E-state index in [-0.39, 0.29) is 17.4 Å². The van der Waals surface area contributed by atoms with E-state index in [0.29, 0.717) is 34.7 Å². The van der Waals surface area contributed by atoms with Crippen LogP contribution in [-0.2, 0) is 4.79 Å². The predicted octanol–water partition coefficient (Wildman–Crippen LogP) is 3.77. The first kappa shape index (κ1) is 24.2. The van der Waals surface area contributed by atoms with E-state index < -0.39 is 17.2 Å². The standard InChI is InChI=1S/C19H18FNO3.C3H6ClNO2/c1-3-10-24-16-9-8-15(20)17-18(16)21-11-14(19(17)22)12-4-6-13(23-2)7-5-12;4-2(1-5)3(6)7/h4-9,11H,3,10H2,1-2H3,(H,21,22);2H,1,5H2,(H,6,7). The zero-order valence-corrected chi connectivity index (χ0v) is 17.9. The van der Waals surface area contributed by atoms with Gasteiger partial charge in [0.2, 0.25) is 0 Å². The Balaban J connectivity index is 0.000000423. The fourth-order valence-corrected chi connectivity index (χ4v) is 2.69. The van der Waals surface area contributed by atoms with E-state index >= 15 is 0 Å². The number of alkyl halides is 1.